The Bertz CT molecular complexity index is 105. The molecule has 0 aromatic rings. The molecule has 2 aliphatic rings. The van der Waals surface area contributed by atoms with Gasteiger partial charge in [-0.1, -0.05) is 0 Å². The SMILES string of the molecule is NC1C[C@@H]2OCC[C@H]12. The van der Waals surface area contributed by atoms with Gasteiger partial charge in [0.2, 0.25) is 0 Å². The van der Waals surface area contributed by atoms with Crippen LogP contribution in [-0.4, -0.2) is 18.8 Å². The largest absolute Gasteiger partial charge is 0.378 e. The summed E-state index contributed by atoms with van der Waals surface area (Å²) in [6.07, 6.45) is 2.85. The Morgan fingerprint density at radius 3 is 2.88 bits per heavy atom. The predicted molar refractivity (Wildman–Crippen MR) is 30.4 cm³/mol. The van der Waals surface area contributed by atoms with Crippen LogP contribution >= 0.6 is 0 Å². The van der Waals surface area contributed by atoms with Crippen molar-refractivity contribution in [2.45, 2.75) is 25.0 Å². The molecule has 3 atom stereocenters. The molecule has 0 amide bonds. The Labute approximate surface area is 49.0 Å². The first-order chi connectivity index (χ1) is 3.88. The molecule has 1 saturated heterocycles. The summed E-state index contributed by atoms with van der Waals surface area (Å²) in [7, 11) is 0. The molecular formula is C6H11NO. The van der Waals surface area contributed by atoms with E-state index in [1.807, 2.05) is 0 Å². The first-order valence-electron chi connectivity index (χ1n) is 3.25. The summed E-state index contributed by atoms with van der Waals surface area (Å²) in [5.74, 6) is 0.718. The fourth-order valence-electron chi connectivity index (χ4n) is 1.64. The zero-order chi connectivity index (χ0) is 5.56. The van der Waals surface area contributed by atoms with Crippen LogP contribution in [0.2, 0.25) is 0 Å². The molecule has 8 heavy (non-hydrogen) atoms. The maximum absolute atomic E-state index is 5.68. The van der Waals surface area contributed by atoms with E-state index in [4.69, 9.17) is 10.5 Å². The monoisotopic (exact) mass is 113 g/mol. The summed E-state index contributed by atoms with van der Waals surface area (Å²) in [5.41, 5.74) is 5.68. The topological polar surface area (TPSA) is 35.2 Å². The molecule has 1 unspecified atom stereocenters. The highest BCUT2D eigenvalue weighted by Crippen LogP contribution is 2.36. The van der Waals surface area contributed by atoms with Crippen molar-refractivity contribution >= 4 is 0 Å². The van der Waals surface area contributed by atoms with Gasteiger partial charge in [0, 0.05) is 18.6 Å². The highest BCUT2D eigenvalue weighted by Gasteiger charge is 2.42. The molecule has 46 valence electrons. The number of hydrogen-bond acceptors (Lipinski definition) is 2. The van der Waals surface area contributed by atoms with E-state index in [1.54, 1.807) is 0 Å². The quantitative estimate of drug-likeness (QED) is 0.484. The van der Waals surface area contributed by atoms with Crippen molar-refractivity contribution in [3.63, 3.8) is 0 Å². The molecule has 1 heterocycles. The lowest BCUT2D eigenvalue weighted by Gasteiger charge is -2.35. The van der Waals surface area contributed by atoms with Gasteiger partial charge in [-0.25, -0.2) is 0 Å². The zero-order valence-electron chi connectivity index (χ0n) is 4.84. The van der Waals surface area contributed by atoms with Gasteiger partial charge >= 0.3 is 0 Å². The second-order valence-electron chi connectivity index (χ2n) is 2.76. The van der Waals surface area contributed by atoms with Crippen molar-refractivity contribution in [1.82, 2.24) is 0 Å². The Morgan fingerprint density at radius 2 is 2.38 bits per heavy atom. The van der Waals surface area contributed by atoms with E-state index in [0.717, 1.165) is 18.9 Å². The Balaban J connectivity index is 2.02. The Kier molecular flexibility index (Phi) is 0.866. The number of ether oxygens (including phenoxy) is 1. The van der Waals surface area contributed by atoms with Crippen LogP contribution in [0.25, 0.3) is 0 Å². The molecule has 0 bridgehead atoms. The van der Waals surface area contributed by atoms with Crippen LogP contribution in [0.4, 0.5) is 0 Å². The summed E-state index contributed by atoms with van der Waals surface area (Å²) >= 11 is 0. The van der Waals surface area contributed by atoms with Crippen molar-refractivity contribution in [2.75, 3.05) is 6.61 Å². The third-order valence-corrected chi connectivity index (χ3v) is 2.32. The van der Waals surface area contributed by atoms with E-state index in [1.165, 1.54) is 6.42 Å². The molecule has 1 aliphatic carbocycles. The van der Waals surface area contributed by atoms with Gasteiger partial charge in [0.25, 0.3) is 0 Å². The van der Waals surface area contributed by atoms with Gasteiger partial charge in [-0.3, -0.25) is 0 Å². The molecule has 1 aliphatic heterocycles. The van der Waals surface area contributed by atoms with Gasteiger partial charge in [0.05, 0.1) is 6.10 Å². The zero-order valence-corrected chi connectivity index (χ0v) is 4.84. The summed E-state index contributed by atoms with van der Waals surface area (Å²) in [5, 5.41) is 0. The van der Waals surface area contributed by atoms with Crippen molar-refractivity contribution in [1.29, 1.82) is 0 Å². The summed E-state index contributed by atoms with van der Waals surface area (Å²) in [4.78, 5) is 0. The summed E-state index contributed by atoms with van der Waals surface area (Å²) < 4.78 is 5.34. The van der Waals surface area contributed by atoms with Crippen LogP contribution in [0.3, 0.4) is 0 Å². The van der Waals surface area contributed by atoms with Crippen LogP contribution < -0.4 is 5.73 Å². The van der Waals surface area contributed by atoms with Crippen LogP contribution in [0.15, 0.2) is 0 Å². The lowest BCUT2D eigenvalue weighted by molar-refractivity contribution is 0.0191. The van der Waals surface area contributed by atoms with Gasteiger partial charge in [0.15, 0.2) is 0 Å². The second-order valence-corrected chi connectivity index (χ2v) is 2.76. The predicted octanol–water partition coefficient (Wildman–Crippen LogP) is 0.122. The van der Waals surface area contributed by atoms with Gasteiger partial charge in [-0.15, -0.1) is 0 Å². The van der Waals surface area contributed by atoms with Crippen molar-refractivity contribution in [2.24, 2.45) is 11.7 Å². The number of hydrogen-bond donors (Lipinski definition) is 1. The molecule has 1 saturated carbocycles. The first-order valence-corrected chi connectivity index (χ1v) is 3.25. The molecule has 0 spiro atoms. The van der Waals surface area contributed by atoms with E-state index < -0.39 is 0 Å². The third kappa shape index (κ3) is 0.446. The Hall–Kier alpha value is -0.0800. The average molecular weight is 113 g/mol. The minimum absolute atomic E-state index is 0.461. The lowest BCUT2D eigenvalue weighted by Crippen LogP contribution is -2.48. The highest BCUT2D eigenvalue weighted by molar-refractivity contribution is 4.96. The Morgan fingerprint density at radius 1 is 1.50 bits per heavy atom. The molecule has 2 rings (SSSR count). The van der Waals surface area contributed by atoms with Crippen LogP contribution in [0.5, 0.6) is 0 Å². The maximum atomic E-state index is 5.68. The lowest BCUT2D eigenvalue weighted by atomic mass is 9.77. The van der Waals surface area contributed by atoms with E-state index in [-0.39, 0.29) is 0 Å². The van der Waals surface area contributed by atoms with Gasteiger partial charge in [-0.2, -0.15) is 0 Å². The number of fused-ring (bicyclic) bond motifs is 1. The van der Waals surface area contributed by atoms with E-state index in [2.05, 4.69) is 0 Å². The van der Waals surface area contributed by atoms with Gasteiger partial charge in [-0.05, 0) is 12.8 Å². The molecule has 0 aromatic heterocycles. The van der Waals surface area contributed by atoms with Crippen LogP contribution in [0, 0.1) is 5.92 Å². The molecular weight excluding hydrogens is 102 g/mol. The van der Waals surface area contributed by atoms with E-state index in [9.17, 15) is 0 Å². The standard InChI is InChI=1S/C6H11NO/c7-5-3-6-4(5)1-2-8-6/h4-6H,1-3,7H2/t4-,5?,6+/m1/s1. The molecule has 2 heteroatoms. The first kappa shape index (κ1) is 4.77. The minimum atomic E-state index is 0.461. The minimum Gasteiger partial charge on any atom is -0.378 e. The van der Waals surface area contributed by atoms with Crippen LogP contribution in [-0.2, 0) is 4.74 Å². The summed E-state index contributed by atoms with van der Waals surface area (Å²) in [6, 6.07) is 0.461. The second kappa shape index (κ2) is 1.45. The van der Waals surface area contributed by atoms with E-state index >= 15 is 0 Å². The average Bonchev–Trinajstić information content (AvgIpc) is 2.09. The highest BCUT2D eigenvalue weighted by atomic mass is 16.5. The number of nitrogens with two attached hydrogens (primary N) is 1. The maximum Gasteiger partial charge on any atom is 0.0633 e. The molecule has 0 aromatic carbocycles. The van der Waals surface area contributed by atoms with Gasteiger partial charge < -0.3 is 10.5 Å². The normalized spacial score (nSPS) is 52.9. The smallest absolute Gasteiger partial charge is 0.0633 e. The van der Waals surface area contributed by atoms with Crippen molar-refractivity contribution in [3.8, 4) is 0 Å². The summed E-state index contributed by atoms with van der Waals surface area (Å²) in [6.45, 7) is 0.947. The molecule has 2 nitrogen and oxygen atoms in total. The van der Waals surface area contributed by atoms with Crippen LogP contribution in [0.1, 0.15) is 12.8 Å². The van der Waals surface area contributed by atoms with Crippen molar-refractivity contribution < 1.29 is 4.74 Å². The van der Waals surface area contributed by atoms with Crippen molar-refractivity contribution in [3.05, 3.63) is 0 Å². The molecule has 0 radical (unpaired) electrons. The third-order valence-electron chi connectivity index (χ3n) is 2.32. The van der Waals surface area contributed by atoms with Gasteiger partial charge in [0.1, 0.15) is 0 Å². The fraction of sp³-hybridized carbons (Fsp3) is 1.00. The fourth-order valence-corrected chi connectivity index (χ4v) is 1.64. The molecule has 2 fully saturated rings. The number of rotatable bonds is 0. The van der Waals surface area contributed by atoms with E-state index in [0.29, 0.717) is 12.1 Å². The molecule has 2 N–H and O–H groups in total.